The molecule has 34 heavy (non-hydrogen) atoms. The highest BCUT2D eigenvalue weighted by Crippen LogP contribution is 2.37. The molecule has 2 heterocycles. The molecule has 3 rings (SSSR count). The zero-order chi connectivity index (χ0) is 24.9. The van der Waals surface area contributed by atoms with Gasteiger partial charge in [0.2, 0.25) is 5.88 Å². The summed E-state index contributed by atoms with van der Waals surface area (Å²) in [5.41, 5.74) is 1.89. The van der Waals surface area contributed by atoms with Gasteiger partial charge in [0, 0.05) is 12.5 Å². The van der Waals surface area contributed by atoms with Crippen LogP contribution in [0.3, 0.4) is 0 Å². The van der Waals surface area contributed by atoms with E-state index in [1.165, 1.54) is 12.1 Å². The van der Waals surface area contributed by atoms with Gasteiger partial charge in [-0.3, -0.25) is 4.99 Å². The number of rotatable bonds is 7. The third-order valence-corrected chi connectivity index (χ3v) is 5.31. The summed E-state index contributed by atoms with van der Waals surface area (Å²) >= 11 is 0. The molecule has 1 aliphatic heterocycles. The van der Waals surface area contributed by atoms with E-state index in [9.17, 15) is 26.3 Å². The average Bonchev–Trinajstić information content (AvgIpc) is 3.16. The maximum atomic E-state index is 13.4. The van der Waals surface area contributed by atoms with Crippen molar-refractivity contribution in [3.05, 3.63) is 64.9 Å². The second-order valence-electron chi connectivity index (χ2n) is 7.89. The Balaban J connectivity index is 1.86. The summed E-state index contributed by atoms with van der Waals surface area (Å²) < 4.78 is 81.7. The monoisotopic (exact) mass is 485 g/mol. The molecule has 1 unspecified atom stereocenters. The summed E-state index contributed by atoms with van der Waals surface area (Å²) in [6.45, 7) is 3.36. The van der Waals surface area contributed by atoms with Crippen molar-refractivity contribution < 1.29 is 31.1 Å². The van der Waals surface area contributed by atoms with E-state index < -0.39 is 24.0 Å². The molecule has 0 radical (unpaired) electrons. The van der Waals surface area contributed by atoms with Gasteiger partial charge in [0.1, 0.15) is 5.82 Å². The fourth-order valence-electron chi connectivity index (χ4n) is 3.96. The predicted octanol–water partition coefficient (Wildman–Crippen LogP) is 7.44. The molecule has 0 saturated heterocycles. The van der Waals surface area contributed by atoms with Gasteiger partial charge in [-0.1, -0.05) is 31.2 Å². The SMILES string of the molecule is C\C=C/C(=C\C(=C\CC)C(F)(F)F)C1=NC2=C(CCCC2Nc2cccc(OC(F)(F)F)n2)C1. The van der Waals surface area contributed by atoms with Crippen LogP contribution in [0.2, 0.25) is 0 Å². The zero-order valence-corrected chi connectivity index (χ0v) is 18.7. The maximum Gasteiger partial charge on any atom is 0.574 e. The van der Waals surface area contributed by atoms with Gasteiger partial charge in [-0.05, 0) is 55.9 Å². The summed E-state index contributed by atoms with van der Waals surface area (Å²) in [5, 5.41) is 3.10. The summed E-state index contributed by atoms with van der Waals surface area (Å²) in [6, 6.07) is 3.69. The Morgan fingerprint density at radius 2 is 1.97 bits per heavy atom. The zero-order valence-electron chi connectivity index (χ0n) is 18.7. The Kier molecular flexibility index (Phi) is 7.89. The van der Waals surface area contributed by atoms with Gasteiger partial charge in [-0.25, -0.2) is 0 Å². The van der Waals surface area contributed by atoms with Crippen LogP contribution in [0.15, 0.2) is 69.9 Å². The van der Waals surface area contributed by atoms with E-state index in [2.05, 4.69) is 20.0 Å². The van der Waals surface area contributed by atoms with Gasteiger partial charge in [0.05, 0.1) is 23.0 Å². The number of aromatic nitrogens is 1. The fourth-order valence-corrected chi connectivity index (χ4v) is 3.96. The van der Waals surface area contributed by atoms with Gasteiger partial charge < -0.3 is 10.1 Å². The number of allylic oxidation sites excluding steroid dienone is 7. The van der Waals surface area contributed by atoms with Crippen molar-refractivity contribution in [3.8, 4) is 5.88 Å². The summed E-state index contributed by atoms with van der Waals surface area (Å²) in [5.74, 6) is -0.391. The van der Waals surface area contributed by atoms with E-state index in [-0.39, 0.29) is 18.3 Å². The highest BCUT2D eigenvalue weighted by molar-refractivity contribution is 6.06. The topological polar surface area (TPSA) is 46.5 Å². The molecule has 0 fully saturated rings. The van der Waals surface area contributed by atoms with Crippen LogP contribution in [0, 0.1) is 0 Å². The van der Waals surface area contributed by atoms with Crippen molar-refractivity contribution in [2.75, 3.05) is 5.32 Å². The molecule has 10 heteroatoms. The Bertz CT molecular complexity index is 1050. The minimum Gasteiger partial charge on any atom is -0.388 e. The molecule has 1 aromatic rings. The number of nitrogens with zero attached hydrogens (tertiary/aromatic N) is 2. The Hall–Kier alpha value is -3.04. The molecular formula is C24H25F6N3O. The minimum atomic E-state index is -4.85. The van der Waals surface area contributed by atoms with E-state index in [1.807, 2.05) is 0 Å². The second-order valence-corrected chi connectivity index (χ2v) is 7.89. The lowest BCUT2D eigenvalue weighted by Gasteiger charge is -2.24. The lowest BCUT2D eigenvalue weighted by atomic mass is 9.90. The molecule has 0 spiro atoms. The smallest absolute Gasteiger partial charge is 0.388 e. The Morgan fingerprint density at radius 1 is 1.21 bits per heavy atom. The molecule has 2 aliphatic rings. The van der Waals surface area contributed by atoms with Crippen LogP contribution >= 0.6 is 0 Å². The van der Waals surface area contributed by atoms with E-state index in [1.54, 1.807) is 26.0 Å². The molecule has 1 N–H and O–H groups in total. The van der Waals surface area contributed by atoms with Gasteiger partial charge >= 0.3 is 12.5 Å². The summed E-state index contributed by atoms with van der Waals surface area (Å²) in [4.78, 5) is 8.52. The van der Waals surface area contributed by atoms with E-state index in [0.29, 0.717) is 29.8 Å². The number of anilines is 1. The number of halogens is 6. The van der Waals surface area contributed by atoms with Crippen molar-refractivity contribution in [1.82, 2.24) is 4.98 Å². The number of hydrogen-bond donors (Lipinski definition) is 1. The molecular weight excluding hydrogens is 460 g/mol. The number of nitrogens with one attached hydrogen (secondary N) is 1. The second kappa shape index (κ2) is 10.5. The van der Waals surface area contributed by atoms with Crippen molar-refractivity contribution in [2.45, 2.75) is 64.5 Å². The molecule has 0 saturated carbocycles. The van der Waals surface area contributed by atoms with Crippen molar-refractivity contribution in [2.24, 2.45) is 4.99 Å². The first kappa shape index (κ1) is 25.6. The summed E-state index contributed by atoms with van der Waals surface area (Å²) in [7, 11) is 0. The van der Waals surface area contributed by atoms with Crippen molar-refractivity contribution in [1.29, 1.82) is 0 Å². The van der Waals surface area contributed by atoms with Gasteiger partial charge in [-0.15, -0.1) is 13.2 Å². The molecule has 4 nitrogen and oxygen atoms in total. The first-order valence-corrected chi connectivity index (χ1v) is 10.9. The predicted molar refractivity (Wildman–Crippen MR) is 119 cm³/mol. The molecule has 184 valence electrons. The summed E-state index contributed by atoms with van der Waals surface area (Å²) in [6.07, 6.45) is -0.921. The van der Waals surface area contributed by atoms with Gasteiger partial charge in [0.25, 0.3) is 0 Å². The average molecular weight is 485 g/mol. The highest BCUT2D eigenvalue weighted by atomic mass is 19.4. The molecule has 1 aliphatic carbocycles. The lowest BCUT2D eigenvalue weighted by Crippen LogP contribution is -2.25. The number of aliphatic imine (C=N–C) groups is 1. The standard InChI is InChI=1S/C24H25F6N3O/c1-3-7-15(13-17(8-4-2)23(25,26)27)19-14-16-9-5-10-18(22(16)32-19)31-20-11-6-12-21(33-20)34-24(28,29)30/h3,6-8,11-13,18H,4-5,9-10,14H2,1-2H3,(H,31,33)/b7-3-,15-13+,17-8-. The first-order chi connectivity index (χ1) is 16.0. The number of alkyl halides is 6. The number of hydrogen-bond acceptors (Lipinski definition) is 4. The van der Waals surface area contributed by atoms with Crippen LogP contribution in [-0.2, 0) is 0 Å². The van der Waals surface area contributed by atoms with Gasteiger partial charge in [-0.2, -0.15) is 18.2 Å². The van der Waals surface area contributed by atoms with Crippen LogP contribution in [0.1, 0.15) is 46.0 Å². The lowest BCUT2D eigenvalue weighted by molar-refractivity contribution is -0.276. The maximum absolute atomic E-state index is 13.4. The quantitative estimate of drug-likeness (QED) is 0.322. The molecule has 0 aromatic carbocycles. The van der Waals surface area contributed by atoms with Crippen LogP contribution in [0.5, 0.6) is 5.88 Å². The van der Waals surface area contributed by atoms with E-state index in [4.69, 9.17) is 0 Å². The van der Waals surface area contributed by atoms with E-state index >= 15 is 0 Å². The van der Waals surface area contributed by atoms with Gasteiger partial charge in [0.15, 0.2) is 0 Å². The van der Waals surface area contributed by atoms with Crippen molar-refractivity contribution >= 4 is 11.5 Å². The number of ether oxygens (including phenoxy) is 1. The number of pyridine rings is 1. The molecule has 1 atom stereocenters. The van der Waals surface area contributed by atoms with E-state index in [0.717, 1.165) is 36.6 Å². The minimum absolute atomic E-state index is 0.193. The van der Waals surface area contributed by atoms with Crippen LogP contribution < -0.4 is 10.1 Å². The third kappa shape index (κ3) is 6.74. The molecule has 0 amide bonds. The first-order valence-electron chi connectivity index (χ1n) is 10.9. The molecule has 0 bridgehead atoms. The normalized spacial score (nSPS) is 20.0. The third-order valence-electron chi connectivity index (χ3n) is 5.31. The fraction of sp³-hybridized carbons (Fsp3) is 0.417. The van der Waals surface area contributed by atoms with Crippen LogP contribution in [0.25, 0.3) is 0 Å². The Labute approximate surface area is 193 Å². The van der Waals surface area contributed by atoms with Crippen LogP contribution in [-0.4, -0.2) is 29.3 Å². The molecule has 1 aromatic heterocycles. The largest absolute Gasteiger partial charge is 0.574 e. The highest BCUT2D eigenvalue weighted by Gasteiger charge is 2.34. The Morgan fingerprint density at radius 3 is 2.62 bits per heavy atom. The van der Waals surface area contributed by atoms with Crippen molar-refractivity contribution in [3.63, 3.8) is 0 Å². The van der Waals surface area contributed by atoms with Crippen LogP contribution in [0.4, 0.5) is 32.2 Å².